The van der Waals surface area contributed by atoms with Gasteiger partial charge in [0.15, 0.2) is 0 Å². The zero-order valence-corrected chi connectivity index (χ0v) is 19.7. The predicted molar refractivity (Wildman–Crippen MR) is 123 cm³/mol. The molecule has 4 aliphatic rings. The van der Waals surface area contributed by atoms with Crippen molar-refractivity contribution in [3.63, 3.8) is 0 Å². The topological polar surface area (TPSA) is 20.2 Å². The molecule has 1 N–H and O–H groups in total. The Bertz CT molecular complexity index is 712. The molecule has 0 saturated heterocycles. The minimum atomic E-state index is -0.116. The van der Waals surface area contributed by atoms with Gasteiger partial charge in [0, 0.05) is 0 Å². The van der Waals surface area contributed by atoms with Crippen molar-refractivity contribution in [1.82, 2.24) is 0 Å². The van der Waals surface area contributed by atoms with E-state index >= 15 is 0 Å². The van der Waals surface area contributed by atoms with Gasteiger partial charge in [-0.1, -0.05) is 77.0 Å². The average Bonchev–Trinajstić information content (AvgIpc) is 3.03. The summed E-state index contributed by atoms with van der Waals surface area (Å²) >= 11 is 0. The highest BCUT2D eigenvalue weighted by atomic mass is 16.3. The summed E-state index contributed by atoms with van der Waals surface area (Å²) in [6.45, 7) is 14.6. The minimum absolute atomic E-state index is 0.116. The Balaban J connectivity index is 1.57. The van der Waals surface area contributed by atoms with Crippen molar-refractivity contribution in [2.24, 2.45) is 46.3 Å². The Morgan fingerprint density at radius 1 is 0.931 bits per heavy atom. The number of aliphatic hydroxyl groups is 1. The van der Waals surface area contributed by atoms with Crippen molar-refractivity contribution >= 4 is 0 Å². The molecule has 4 rings (SSSR count). The van der Waals surface area contributed by atoms with E-state index in [2.05, 4.69) is 65.8 Å². The highest BCUT2D eigenvalue weighted by molar-refractivity contribution is 5.39. The molecular weight excluding hydrogens is 352 g/mol. The first-order chi connectivity index (χ1) is 13.7. The predicted octanol–water partition coefficient (Wildman–Crippen LogP) is 7.33. The third kappa shape index (κ3) is 3.50. The van der Waals surface area contributed by atoms with Crippen molar-refractivity contribution in [3.05, 3.63) is 35.5 Å². The molecule has 1 heteroatoms. The number of aliphatic hydroxyl groups excluding tert-OH is 1. The fraction of sp³-hybridized carbons (Fsp3) is 0.786. The molecule has 0 heterocycles. The first-order valence-electron chi connectivity index (χ1n) is 12.4. The number of allylic oxidation sites excluding steroid dienone is 5. The van der Waals surface area contributed by atoms with E-state index in [-0.39, 0.29) is 6.10 Å². The van der Waals surface area contributed by atoms with E-state index in [1.54, 1.807) is 5.57 Å². The lowest BCUT2D eigenvalue weighted by Crippen LogP contribution is -2.46. The van der Waals surface area contributed by atoms with Crippen molar-refractivity contribution in [2.45, 2.75) is 92.6 Å². The van der Waals surface area contributed by atoms with Crippen LogP contribution in [0, 0.1) is 46.3 Å². The Kier molecular flexibility index (Phi) is 5.69. The van der Waals surface area contributed by atoms with Crippen LogP contribution < -0.4 is 0 Å². The quantitative estimate of drug-likeness (QED) is 0.493. The summed E-state index contributed by atoms with van der Waals surface area (Å²) in [5.41, 5.74) is 4.07. The zero-order chi connectivity index (χ0) is 21.0. The molecule has 0 spiro atoms. The molecule has 0 amide bonds. The van der Waals surface area contributed by atoms with Gasteiger partial charge in [-0.3, -0.25) is 0 Å². The highest BCUT2D eigenvalue weighted by Crippen LogP contribution is 2.65. The Hall–Kier alpha value is -0.820. The fourth-order valence-corrected chi connectivity index (χ4v) is 7.59. The smallest absolute Gasteiger partial charge is 0.0578 e. The summed E-state index contributed by atoms with van der Waals surface area (Å²) in [5.74, 6) is 4.38. The molecule has 0 aromatic rings. The summed E-state index contributed by atoms with van der Waals surface area (Å²) in [7, 11) is 0. The van der Waals surface area contributed by atoms with Gasteiger partial charge < -0.3 is 5.11 Å². The lowest BCUT2D eigenvalue weighted by molar-refractivity contribution is 0.0382. The second kappa shape index (κ2) is 7.70. The molecule has 0 aliphatic heterocycles. The van der Waals surface area contributed by atoms with Crippen LogP contribution in [0.4, 0.5) is 0 Å². The normalized spacial score (nSPS) is 44.0. The molecule has 4 aliphatic carbocycles. The van der Waals surface area contributed by atoms with Crippen molar-refractivity contribution in [1.29, 1.82) is 0 Å². The van der Waals surface area contributed by atoms with Crippen LogP contribution in [0.1, 0.15) is 86.5 Å². The fourth-order valence-electron chi connectivity index (χ4n) is 7.59. The van der Waals surface area contributed by atoms with Crippen LogP contribution in [0.25, 0.3) is 0 Å². The number of rotatable bonds is 4. The zero-order valence-electron chi connectivity index (χ0n) is 19.7. The van der Waals surface area contributed by atoms with Gasteiger partial charge in [0.25, 0.3) is 0 Å². The highest BCUT2D eigenvalue weighted by Gasteiger charge is 2.56. The third-order valence-corrected chi connectivity index (χ3v) is 10.0. The number of hydrogen-bond donors (Lipinski definition) is 1. The van der Waals surface area contributed by atoms with Crippen molar-refractivity contribution in [2.75, 3.05) is 0 Å². The Labute approximate surface area is 179 Å². The van der Waals surface area contributed by atoms with E-state index in [1.165, 1.54) is 37.7 Å². The second-order valence-corrected chi connectivity index (χ2v) is 11.9. The lowest BCUT2D eigenvalue weighted by atomic mass is 9.50. The standard InChI is InChI=1S/C28H44O/c1-18(2)19(3)7-8-20(4)24-11-12-25-23-10-9-21-17-22(29)13-15-27(21,5)26(23)14-16-28(24,25)6/h7-10,18-20,22,24-26,29H,11-17H2,1-6H3/b8-7+/t19?,20?,22?,24-,25?,26?,27+,28-/m1/s1. The summed E-state index contributed by atoms with van der Waals surface area (Å²) in [6, 6.07) is 0. The molecular formula is C28H44O. The van der Waals surface area contributed by atoms with Gasteiger partial charge in [0.05, 0.1) is 6.10 Å². The second-order valence-electron chi connectivity index (χ2n) is 11.9. The van der Waals surface area contributed by atoms with Gasteiger partial charge in [-0.05, 0) is 91.3 Å². The Morgan fingerprint density at radius 3 is 2.41 bits per heavy atom. The first-order valence-corrected chi connectivity index (χ1v) is 12.4. The van der Waals surface area contributed by atoms with Crippen molar-refractivity contribution in [3.8, 4) is 0 Å². The van der Waals surface area contributed by atoms with E-state index in [9.17, 15) is 5.11 Å². The van der Waals surface area contributed by atoms with Gasteiger partial charge >= 0.3 is 0 Å². The van der Waals surface area contributed by atoms with E-state index in [1.807, 2.05) is 0 Å². The van der Waals surface area contributed by atoms with E-state index < -0.39 is 0 Å². The molecule has 29 heavy (non-hydrogen) atoms. The summed E-state index contributed by atoms with van der Waals surface area (Å²) in [4.78, 5) is 0. The first kappa shape index (κ1) is 21.4. The Morgan fingerprint density at radius 2 is 1.69 bits per heavy atom. The molecule has 0 radical (unpaired) electrons. The molecule has 5 unspecified atom stereocenters. The van der Waals surface area contributed by atoms with Crippen LogP contribution in [-0.2, 0) is 0 Å². The van der Waals surface area contributed by atoms with Gasteiger partial charge in [-0.15, -0.1) is 0 Å². The average molecular weight is 397 g/mol. The molecule has 0 aromatic carbocycles. The SMILES string of the molecule is CC(C)C(C)/C=C/C(C)[C@H]1CCC2C3=CC=C4CC(O)CC[C@]4(C)C3CC[C@@]21C. The third-order valence-electron chi connectivity index (χ3n) is 10.0. The van der Waals surface area contributed by atoms with Gasteiger partial charge in [-0.25, -0.2) is 0 Å². The van der Waals surface area contributed by atoms with Crippen LogP contribution in [0.5, 0.6) is 0 Å². The van der Waals surface area contributed by atoms with E-state index in [0.29, 0.717) is 22.7 Å². The van der Waals surface area contributed by atoms with Gasteiger partial charge in [0.2, 0.25) is 0 Å². The van der Waals surface area contributed by atoms with Crippen LogP contribution in [0.3, 0.4) is 0 Å². The lowest BCUT2D eigenvalue weighted by Gasteiger charge is -2.55. The van der Waals surface area contributed by atoms with Crippen molar-refractivity contribution < 1.29 is 5.11 Å². The number of fused-ring (bicyclic) bond motifs is 5. The maximum absolute atomic E-state index is 10.2. The molecule has 3 fully saturated rings. The molecule has 0 aromatic heterocycles. The van der Waals surface area contributed by atoms with E-state index in [4.69, 9.17) is 0 Å². The molecule has 162 valence electrons. The molecule has 3 saturated carbocycles. The van der Waals surface area contributed by atoms with E-state index in [0.717, 1.165) is 36.5 Å². The monoisotopic (exact) mass is 396 g/mol. The molecule has 1 nitrogen and oxygen atoms in total. The maximum Gasteiger partial charge on any atom is 0.0578 e. The van der Waals surface area contributed by atoms with Crippen LogP contribution in [0.2, 0.25) is 0 Å². The number of hydrogen-bond acceptors (Lipinski definition) is 1. The van der Waals surface area contributed by atoms with Gasteiger partial charge in [-0.2, -0.15) is 0 Å². The summed E-state index contributed by atoms with van der Waals surface area (Å²) < 4.78 is 0. The van der Waals surface area contributed by atoms with Gasteiger partial charge in [0.1, 0.15) is 0 Å². The summed E-state index contributed by atoms with van der Waals surface area (Å²) in [6.07, 6.45) is 18.4. The molecule has 8 atom stereocenters. The van der Waals surface area contributed by atoms with Crippen LogP contribution >= 0.6 is 0 Å². The maximum atomic E-state index is 10.2. The minimum Gasteiger partial charge on any atom is -0.393 e. The largest absolute Gasteiger partial charge is 0.393 e. The summed E-state index contributed by atoms with van der Waals surface area (Å²) in [5, 5.41) is 10.2. The van der Waals surface area contributed by atoms with Crippen LogP contribution in [0.15, 0.2) is 35.5 Å². The van der Waals surface area contributed by atoms with Crippen LogP contribution in [-0.4, -0.2) is 11.2 Å². The molecule has 0 bridgehead atoms.